The van der Waals surface area contributed by atoms with E-state index in [0.717, 1.165) is 44.1 Å². The van der Waals surface area contributed by atoms with E-state index in [1.807, 2.05) is 36.0 Å². The Bertz CT molecular complexity index is 1040. The van der Waals surface area contributed by atoms with Crippen LogP contribution in [0.2, 0.25) is 0 Å². The zero-order valence-corrected chi connectivity index (χ0v) is 22.1. The number of rotatable bonds is 9. The molecule has 34 heavy (non-hydrogen) atoms. The van der Waals surface area contributed by atoms with Gasteiger partial charge >= 0.3 is 0 Å². The Morgan fingerprint density at radius 2 is 1.82 bits per heavy atom. The summed E-state index contributed by atoms with van der Waals surface area (Å²) in [5.41, 5.74) is 5.16. The van der Waals surface area contributed by atoms with Crippen molar-refractivity contribution in [3.63, 3.8) is 0 Å². The molecule has 0 bridgehead atoms. The molecule has 2 aromatic carbocycles. The third-order valence-electron chi connectivity index (χ3n) is 5.95. The highest BCUT2D eigenvalue weighted by atomic mass is 127. The van der Waals surface area contributed by atoms with Gasteiger partial charge in [0.2, 0.25) is 0 Å². The molecule has 1 unspecified atom stereocenters. The Kier molecular flexibility index (Phi) is 10.4. The van der Waals surface area contributed by atoms with Crippen LogP contribution in [-0.4, -0.2) is 58.0 Å². The fourth-order valence-electron chi connectivity index (χ4n) is 4.23. The molecule has 0 amide bonds. The molecule has 3 aromatic rings. The second kappa shape index (κ2) is 13.5. The molecule has 0 saturated carbocycles. The van der Waals surface area contributed by atoms with Crippen LogP contribution in [0.5, 0.6) is 0 Å². The van der Waals surface area contributed by atoms with Gasteiger partial charge in [0.1, 0.15) is 0 Å². The van der Waals surface area contributed by atoms with E-state index in [0.29, 0.717) is 19.6 Å². The molecule has 0 spiro atoms. The third-order valence-corrected chi connectivity index (χ3v) is 5.95. The molecule has 7 nitrogen and oxygen atoms in total. The highest BCUT2D eigenvalue weighted by molar-refractivity contribution is 14.0. The van der Waals surface area contributed by atoms with Crippen molar-refractivity contribution in [2.24, 2.45) is 4.99 Å². The second-order valence-electron chi connectivity index (χ2n) is 8.46. The number of aromatic nitrogens is 2. The zero-order valence-electron chi connectivity index (χ0n) is 19.7. The quantitative estimate of drug-likeness (QED) is 0.208. The number of β-amino-alcohol motifs (C(OH)–C–C–N with tert-alkyl or cyclic N) is 1. The highest BCUT2D eigenvalue weighted by Crippen LogP contribution is 2.18. The topological polar surface area (TPSA) is 77.7 Å². The van der Waals surface area contributed by atoms with Crippen molar-refractivity contribution in [2.75, 3.05) is 26.2 Å². The van der Waals surface area contributed by atoms with Crippen molar-refractivity contribution >= 4 is 29.9 Å². The number of benzene rings is 2. The van der Waals surface area contributed by atoms with Gasteiger partial charge in [-0.1, -0.05) is 48.5 Å². The van der Waals surface area contributed by atoms with Gasteiger partial charge in [0, 0.05) is 45.1 Å². The molecule has 1 atom stereocenters. The summed E-state index contributed by atoms with van der Waals surface area (Å²) in [7, 11) is 0. The number of hydrogen-bond donors (Lipinski definition) is 3. The number of fused-ring (bicyclic) bond motifs is 1. The molecular formula is C26H35IN6O. The summed E-state index contributed by atoms with van der Waals surface area (Å²) < 4.78 is 1.92. The minimum absolute atomic E-state index is 0. The van der Waals surface area contributed by atoms with Gasteiger partial charge in [-0.3, -0.25) is 9.58 Å². The Morgan fingerprint density at radius 1 is 1.06 bits per heavy atom. The van der Waals surface area contributed by atoms with Crippen molar-refractivity contribution in [3.8, 4) is 0 Å². The molecular weight excluding hydrogens is 539 g/mol. The average Bonchev–Trinajstić information content (AvgIpc) is 3.35. The molecule has 0 fully saturated rings. The Balaban J connectivity index is 0.00000324. The molecule has 8 heteroatoms. The van der Waals surface area contributed by atoms with Crippen molar-refractivity contribution < 1.29 is 5.11 Å². The van der Waals surface area contributed by atoms with E-state index in [4.69, 9.17) is 4.99 Å². The lowest BCUT2D eigenvalue weighted by atomic mass is 10.00. The number of aliphatic imine (C=N–C) groups is 1. The van der Waals surface area contributed by atoms with Crippen LogP contribution in [0, 0.1) is 0 Å². The van der Waals surface area contributed by atoms with E-state index in [1.165, 1.54) is 16.7 Å². The molecule has 1 aliphatic heterocycles. The largest absolute Gasteiger partial charge is 0.390 e. The summed E-state index contributed by atoms with van der Waals surface area (Å²) in [6.07, 6.45) is 4.33. The van der Waals surface area contributed by atoms with E-state index >= 15 is 0 Å². The van der Waals surface area contributed by atoms with Crippen LogP contribution in [0.25, 0.3) is 0 Å². The normalized spacial score (nSPS) is 14.7. The van der Waals surface area contributed by atoms with Crippen LogP contribution < -0.4 is 10.6 Å². The maximum absolute atomic E-state index is 10.6. The Labute approximate surface area is 219 Å². The summed E-state index contributed by atoms with van der Waals surface area (Å²) in [6, 6.07) is 18.8. The number of guanidine groups is 1. The summed E-state index contributed by atoms with van der Waals surface area (Å²) in [4.78, 5) is 7.09. The van der Waals surface area contributed by atoms with Crippen molar-refractivity contribution in [1.29, 1.82) is 0 Å². The predicted molar refractivity (Wildman–Crippen MR) is 147 cm³/mol. The van der Waals surface area contributed by atoms with Crippen LogP contribution >= 0.6 is 24.0 Å². The first-order valence-electron chi connectivity index (χ1n) is 11.7. The Hall–Kier alpha value is -2.43. The molecule has 0 radical (unpaired) electrons. The predicted octanol–water partition coefficient (Wildman–Crippen LogP) is 3.02. The first kappa shape index (κ1) is 26.2. The van der Waals surface area contributed by atoms with Gasteiger partial charge in [0.15, 0.2) is 5.96 Å². The number of nitrogens with zero attached hydrogens (tertiary/aromatic N) is 4. The second-order valence-corrected chi connectivity index (χ2v) is 8.46. The monoisotopic (exact) mass is 574 g/mol. The molecule has 4 rings (SSSR count). The van der Waals surface area contributed by atoms with Crippen molar-refractivity contribution in [2.45, 2.75) is 39.1 Å². The fourth-order valence-corrected chi connectivity index (χ4v) is 4.23. The number of halogens is 1. The minimum atomic E-state index is -0.466. The van der Waals surface area contributed by atoms with Gasteiger partial charge in [-0.05, 0) is 41.7 Å². The number of aliphatic hydroxyl groups is 1. The first-order chi connectivity index (χ1) is 16.2. The van der Waals surface area contributed by atoms with Crippen LogP contribution in [0.15, 0.2) is 72.0 Å². The SMILES string of the molecule is CCNC(=NCc1ccccc1Cn1cccn1)NCC(O)CN1CCc2ccccc2C1.I. The smallest absolute Gasteiger partial charge is 0.191 e. The average molecular weight is 575 g/mol. The van der Waals surface area contributed by atoms with Crippen LogP contribution in [-0.2, 0) is 26.1 Å². The van der Waals surface area contributed by atoms with Gasteiger partial charge in [-0.15, -0.1) is 24.0 Å². The molecule has 2 heterocycles. The lowest BCUT2D eigenvalue weighted by molar-refractivity contribution is 0.108. The summed E-state index contributed by atoms with van der Waals surface area (Å²) in [5.74, 6) is 0.717. The maximum atomic E-state index is 10.6. The van der Waals surface area contributed by atoms with Crippen LogP contribution in [0.3, 0.4) is 0 Å². The van der Waals surface area contributed by atoms with Gasteiger partial charge in [-0.2, -0.15) is 5.10 Å². The fraction of sp³-hybridized carbons (Fsp3) is 0.385. The van der Waals surface area contributed by atoms with E-state index < -0.39 is 6.10 Å². The summed E-state index contributed by atoms with van der Waals surface area (Å²) in [6.45, 7) is 7.08. The van der Waals surface area contributed by atoms with E-state index in [9.17, 15) is 5.11 Å². The zero-order chi connectivity index (χ0) is 22.9. The standard InChI is InChI=1S/C26H34N6O.HI/c1-2-27-26(28-16-22-9-4-6-11-24(22)19-32-14-7-13-30-32)29-17-25(33)20-31-15-12-21-8-3-5-10-23(21)18-31;/h3-11,13-14,25,33H,2,12,15-20H2,1H3,(H2,27,28,29);1H. The van der Waals surface area contributed by atoms with Crippen molar-refractivity contribution in [3.05, 3.63) is 89.2 Å². The molecule has 3 N–H and O–H groups in total. The van der Waals surface area contributed by atoms with Gasteiger partial charge in [0.05, 0.1) is 19.2 Å². The first-order valence-corrected chi connectivity index (χ1v) is 11.7. The number of hydrogen-bond acceptors (Lipinski definition) is 4. The molecule has 0 aliphatic carbocycles. The number of aliphatic hydroxyl groups excluding tert-OH is 1. The van der Waals surface area contributed by atoms with E-state index in [-0.39, 0.29) is 24.0 Å². The highest BCUT2D eigenvalue weighted by Gasteiger charge is 2.18. The molecule has 0 saturated heterocycles. The van der Waals surface area contributed by atoms with E-state index in [2.05, 4.69) is 57.0 Å². The van der Waals surface area contributed by atoms with E-state index in [1.54, 1.807) is 6.20 Å². The minimum Gasteiger partial charge on any atom is -0.390 e. The summed E-state index contributed by atoms with van der Waals surface area (Å²) >= 11 is 0. The molecule has 182 valence electrons. The van der Waals surface area contributed by atoms with Gasteiger partial charge in [-0.25, -0.2) is 4.99 Å². The summed E-state index contributed by atoms with van der Waals surface area (Å²) in [5, 5.41) is 21.5. The maximum Gasteiger partial charge on any atom is 0.191 e. The Morgan fingerprint density at radius 3 is 2.59 bits per heavy atom. The number of nitrogens with one attached hydrogen (secondary N) is 2. The lowest BCUT2D eigenvalue weighted by Gasteiger charge is -2.30. The van der Waals surface area contributed by atoms with Crippen LogP contribution in [0.4, 0.5) is 0 Å². The lowest BCUT2D eigenvalue weighted by Crippen LogP contribution is -2.45. The molecule has 1 aromatic heterocycles. The van der Waals surface area contributed by atoms with Crippen molar-refractivity contribution in [1.82, 2.24) is 25.3 Å². The van der Waals surface area contributed by atoms with Gasteiger partial charge < -0.3 is 15.7 Å². The third kappa shape index (κ3) is 7.54. The van der Waals surface area contributed by atoms with Gasteiger partial charge in [0.25, 0.3) is 0 Å². The molecule has 1 aliphatic rings. The van der Waals surface area contributed by atoms with Crippen LogP contribution in [0.1, 0.15) is 29.2 Å².